The monoisotopic (exact) mass is 351 g/mol. The van der Waals surface area contributed by atoms with Gasteiger partial charge in [0.15, 0.2) is 0 Å². The molecule has 2 rings (SSSR count). The Balaban J connectivity index is 2.09. The number of hydrogen-bond acceptors (Lipinski definition) is 3. The number of nitrogens with one attached hydrogen (secondary N) is 1. The van der Waals surface area contributed by atoms with Crippen LogP contribution in [0.15, 0.2) is 42.5 Å². The third-order valence-corrected chi connectivity index (χ3v) is 3.81. The maximum Gasteiger partial charge on any atom is 0.255 e. The summed E-state index contributed by atoms with van der Waals surface area (Å²) in [6, 6.07) is 11.7. The van der Waals surface area contributed by atoms with Crippen molar-refractivity contribution < 1.29 is 19.0 Å². The van der Waals surface area contributed by atoms with Gasteiger partial charge < -0.3 is 15.2 Å². The van der Waals surface area contributed by atoms with Gasteiger partial charge in [-0.3, -0.25) is 4.79 Å². The van der Waals surface area contributed by atoms with Crippen molar-refractivity contribution in [2.75, 3.05) is 19.8 Å². The molecule has 1 atom stereocenters. The Kier molecular flexibility index (Phi) is 6.73. The van der Waals surface area contributed by atoms with Crippen molar-refractivity contribution in [3.8, 4) is 0 Å². The quantitative estimate of drug-likeness (QED) is 0.805. The highest BCUT2D eigenvalue weighted by Gasteiger charge is 2.18. The predicted molar refractivity (Wildman–Crippen MR) is 90.7 cm³/mol. The number of ether oxygens (including phenoxy) is 1. The molecule has 0 unspecified atom stereocenters. The van der Waals surface area contributed by atoms with Crippen molar-refractivity contribution in [1.29, 1.82) is 0 Å². The maximum atomic E-state index is 13.8. The van der Waals surface area contributed by atoms with Gasteiger partial charge in [-0.2, -0.15) is 0 Å². The first-order chi connectivity index (χ1) is 11.5. The average Bonchev–Trinajstić information content (AvgIpc) is 2.56. The minimum Gasteiger partial charge on any atom is -0.394 e. The second kappa shape index (κ2) is 8.78. The number of amides is 1. The van der Waals surface area contributed by atoms with Gasteiger partial charge in [0.25, 0.3) is 5.91 Å². The molecule has 6 heteroatoms. The van der Waals surface area contributed by atoms with Gasteiger partial charge >= 0.3 is 0 Å². The molecule has 0 aromatic heterocycles. The molecule has 0 spiro atoms. The van der Waals surface area contributed by atoms with Gasteiger partial charge in [0.2, 0.25) is 0 Å². The molecule has 0 aliphatic carbocycles. The van der Waals surface area contributed by atoms with E-state index in [1.807, 2.05) is 31.2 Å². The Morgan fingerprint density at radius 3 is 2.62 bits per heavy atom. The zero-order chi connectivity index (χ0) is 17.5. The summed E-state index contributed by atoms with van der Waals surface area (Å²) >= 11 is 5.89. The number of benzene rings is 2. The van der Waals surface area contributed by atoms with Crippen LogP contribution in [-0.2, 0) is 4.74 Å². The molecule has 0 heterocycles. The largest absolute Gasteiger partial charge is 0.394 e. The number of carbonyl (C=O) groups excluding carboxylic acids is 1. The van der Waals surface area contributed by atoms with Crippen molar-refractivity contribution in [2.24, 2.45) is 0 Å². The summed E-state index contributed by atoms with van der Waals surface area (Å²) in [4.78, 5) is 12.2. The van der Waals surface area contributed by atoms with Gasteiger partial charge in [-0.25, -0.2) is 4.39 Å². The van der Waals surface area contributed by atoms with E-state index in [1.165, 1.54) is 18.2 Å². The van der Waals surface area contributed by atoms with Crippen LogP contribution >= 0.6 is 11.6 Å². The molecule has 2 aromatic carbocycles. The van der Waals surface area contributed by atoms with E-state index in [9.17, 15) is 9.18 Å². The summed E-state index contributed by atoms with van der Waals surface area (Å²) < 4.78 is 19.4. The van der Waals surface area contributed by atoms with Crippen molar-refractivity contribution in [2.45, 2.75) is 13.0 Å². The normalized spacial score (nSPS) is 12.0. The lowest BCUT2D eigenvalue weighted by Gasteiger charge is -2.19. The average molecular weight is 352 g/mol. The molecule has 0 fully saturated rings. The molecule has 0 saturated heterocycles. The summed E-state index contributed by atoms with van der Waals surface area (Å²) in [5.74, 6) is -1.29. The van der Waals surface area contributed by atoms with Gasteiger partial charge in [-0.05, 0) is 24.6 Å². The molecule has 0 saturated carbocycles. The number of aryl methyl sites for hydroxylation is 1. The van der Waals surface area contributed by atoms with Crippen LogP contribution in [0.5, 0.6) is 0 Å². The van der Waals surface area contributed by atoms with E-state index < -0.39 is 17.8 Å². The van der Waals surface area contributed by atoms with E-state index in [2.05, 4.69) is 5.32 Å². The highest BCUT2D eigenvalue weighted by molar-refractivity contribution is 6.33. The second-order valence-corrected chi connectivity index (χ2v) is 5.71. The van der Waals surface area contributed by atoms with E-state index in [-0.39, 0.29) is 30.3 Å². The lowest BCUT2D eigenvalue weighted by molar-refractivity contribution is 0.0277. The van der Waals surface area contributed by atoms with Crippen molar-refractivity contribution in [3.63, 3.8) is 0 Å². The number of aliphatic hydroxyl groups is 1. The first-order valence-electron chi connectivity index (χ1n) is 7.54. The standard InChI is InChI=1S/C18H19ClFNO3/c1-12-5-7-13(8-6-12)16(24-10-9-22)11-21-18(23)17-14(19)3-2-4-15(17)20/h2-8,16,22H,9-11H2,1H3,(H,21,23)/t16-/m0/s1. The maximum absolute atomic E-state index is 13.8. The smallest absolute Gasteiger partial charge is 0.255 e. The van der Waals surface area contributed by atoms with Crippen LogP contribution in [0.2, 0.25) is 5.02 Å². The Morgan fingerprint density at radius 2 is 2.00 bits per heavy atom. The van der Waals surface area contributed by atoms with Crippen LogP contribution < -0.4 is 5.32 Å². The topological polar surface area (TPSA) is 58.6 Å². The van der Waals surface area contributed by atoms with Crippen molar-refractivity contribution in [1.82, 2.24) is 5.32 Å². The van der Waals surface area contributed by atoms with Crippen LogP contribution in [0.1, 0.15) is 27.6 Å². The number of rotatable bonds is 7. The number of carbonyl (C=O) groups is 1. The van der Waals surface area contributed by atoms with Gasteiger partial charge in [0.1, 0.15) is 5.82 Å². The first kappa shape index (κ1) is 18.4. The van der Waals surface area contributed by atoms with Crippen LogP contribution in [0.3, 0.4) is 0 Å². The molecule has 24 heavy (non-hydrogen) atoms. The molecular weight excluding hydrogens is 333 g/mol. The molecule has 2 N–H and O–H groups in total. The highest BCUT2D eigenvalue weighted by atomic mass is 35.5. The fraction of sp³-hybridized carbons (Fsp3) is 0.278. The van der Waals surface area contributed by atoms with Gasteiger partial charge in [0.05, 0.1) is 29.9 Å². The first-order valence-corrected chi connectivity index (χ1v) is 7.92. The molecule has 4 nitrogen and oxygen atoms in total. The predicted octanol–water partition coefficient (Wildman–Crippen LogP) is 3.27. The molecule has 0 aliphatic heterocycles. The lowest BCUT2D eigenvalue weighted by Crippen LogP contribution is -2.30. The zero-order valence-corrected chi connectivity index (χ0v) is 14.0. The molecule has 1 amide bonds. The SMILES string of the molecule is Cc1ccc([C@H](CNC(=O)c2c(F)cccc2Cl)OCCO)cc1. The van der Waals surface area contributed by atoms with Crippen molar-refractivity contribution >= 4 is 17.5 Å². The van der Waals surface area contributed by atoms with Crippen LogP contribution in [0.4, 0.5) is 4.39 Å². The number of halogens is 2. The van der Waals surface area contributed by atoms with Crippen LogP contribution in [0.25, 0.3) is 0 Å². The highest BCUT2D eigenvalue weighted by Crippen LogP contribution is 2.20. The number of aliphatic hydroxyl groups excluding tert-OH is 1. The van der Waals surface area contributed by atoms with Crippen LogP contribution in [0, 0.1) is 12.7 Å². The molecule has 0 radical (unpaired) electrons. The van der Waals surface area contributed by atoms with E-state index >= 15 is 0 Å². The summed E-state index contributed by atoms with van der Waals surface area (Å²) in [6.45, 7) is 2.10. The Bertz CT molecular complexity index is 671. The summed E-state index contributed by atoms with van der Waals surface area (Å²) in [5.41, 5.74) is 1.76. The molecular formula is C18H19ClFNO3. The Hall–Kier alpha value is -1.95. The van der Waals surface area contributed by atoms with Gasteiger partial charge in [0, 0.05) is 6.54 Å². The van der Waals surface area contributed by atoms with E-state index in [0.717, 1.165) is 11.1 Å². The van der Waals surface area contributed by atoms with Gasteiger partial charge in [-0.1, -0.05) is 47.5 Å². The van der Waals surface area contributed by atoms with E-state index in [1.54, 1.807) is 0 Å². The summed E-state index contributed by atoms with van der Waals surface area (Å²) in [5, 5.41) is 11.6. The van der Waals surface area contributed by atoms with Gasteiger partial charge in [-0.15, -0.1) is 0 Å². The third kappa shape index (κ3) is 4.77. The lowest BCUT2D eigenvalue weighted by atomic mass is 10.1. The second-order valence-electron chi connectivity index (χ2n) is 5.30. The fourth-order valence-corrected chi connectivity index (χ4v) is 2.49. The van der Waals surface area contributed by atoms with Crippen molar-refractivity contribution in [3.05, 3.63) is 70.0 Å². The Labute approximate surface area is 145 Å². The summed E-state index contributed by atoms with van der Waals surface area (Å²) in [7, 11) is 0. The molecule has 0 aliphatic rings. The minimum absolute atomic E-state index is 0.0515. The molecule has 2 aromatic rings. The third-order valence-electron chi connectivity index (χ3n) is 3.50. The molecule has 0 bridgehead atoms. The zero-order valence-electron chi connectivity index (χ0n) is 13.3. The number of hydrogen-bond donors (Lipinski definition) is 2. The minimum atomic E-state index is -0.678. The summed E-state index contributed by atoms with van der Waals surface area (Å²) in [6.07, 6.45) is -0.452. The van der Waals surface area contributed by atoms with E-state index in [4.69, 9.17) is 21.4 Å². The fourth-order valence-electron chi connectivity index (χ4n) is 2.24. The Morgan fingerprint density at radius 1 is 1.29 bits per heavy atom. The van der Waals surface area contributed by atoms with Crippen LogP contribution in [-0.4, -0.2) is 30.8 Å². The van der Waals surface area contributed by atoms with E-state index in [0.29, 0.717) is 0 Å². The molecule has 128 valence electrons.